The van der Waals surface area contributed by atoms with Crippen molar-refractivity contribution in [1.82, 2.24) is 29.7 Å². The molecule has 0 aliphatic rings. The van der Waals surface area contributed by atoms with Gasteiger partial charge in [0.25, 0.3) is 0 Å². The van der Waals surface area contributed by atoms with Crippen molar-refractivity contribution in [3.05, 3.63) is 17.8 Å². The van der Waals surface area contributed by atoms with E-state index in [2.05, 4.69) is 25.0 Å². The summed E-state index contributed by atoms with van der Waals surface area (Å²) < 4.78 is 28.1. The molecule has 19 heavy (non-hydrogen) atoms. The molecule has 9 nitrogen and oxygen atoms in total. The second-order valence-electron chi connectivity index (χ2n) is 4.00. The summed E-state index contributed by atoms with van der Waals surface area (Å²) in [5, 5.41) is 10.2. The predicted octanol–water partition coefficient (Wildman–Crippen LogP) is -1.05. The Morgan fingerprint density at radius 1 is 1.53 bits per heavy atom. The van der Waals surface area contributed by atoms with E-state index in [0.29, 0.717) is 17.9 Å². The molecule has 0 atom stereocenters. The number of sulfonamides is 1. The van der Waals surface area contributed by atoms with E-state index in [0.717, 1.165) is 0 Å². The molecular formula is C9H15N7O2S. The Labute approximate surface area is 110 Å². The second-order valence-corrected chi connectivity index (χ2v) is 5.71. The Balaban J connectivity index is 2.10. The Morgan fingerprint density at radius 3 is 2.79 bits per heavy atom. The fourth-order valence-corrected chi connectivity index (χ4v) is 3.03. The average molecular weight is 285 g/mol. The second kappa shape index (κ2) is 4.97. The van der Waals surface area contributed by atoms with Gasteiger partial charge in [0.15, 0.2) is 5.82 Å². The third-order valence-corrected chi connectivity index (χ3v) is 4.32. The Kier molecular flexibility index (Phi) is 3.53. The minimum Gasteiger partial charge on any atom is -0.381 e. The first-order valence-corrected chi connectivity index (χ1v) is 7.03. The number of rotatable bonds is 5. The summed E-state index contributed by atoms with van der Waals surface area (Å²) in [5.74, 6) is 0.603. The van der Waals surface area contributed by atoms with Crippen molar-refractivity contribution in [2.75, 3.05) is 12.3 Å². The zero-order chi connectivity index (χ0) is 14.0. The number of aromatic nitrogens is 5. The standard InChI is InChI=1S/C9H15N7O2S/c1-6-8(9(10)15-16(6)2)19(17,18)13-4-3-7-11-5-12-14-7/h5,13H,3-4H2,1-2H3,(H2,10,15)(H,11,12,14). The lowest BCUT2D eigenvalue weighted by Crippen LogP contribution is -2.27. The summed E-state index contributed by atoms with van der Waals surface area (Å²) >= 11 is 0. The van der Waals surface area contributed by atoms with Gasteiger partial charge in [-0.05, 0) is 6.92 Å². The lowest BCUT2D eigenvalue weighted by atomic mass is 10.4. The molecular weight excluding hydrogens is 270 g/mol. The number of nitrogen functional groups attached to an aromatic ring is 1. The van der Waals surface area contributed by atoms with E-state index >= 15 is 0 Å². The number of aromatic amines is 1. The number of anilines is 1. The van der Waals surface area contributed by atoms with Crippen LogP contribution >= 0.6 is 0 Å². The molecule has 0 fully saturated rings. The van der Waals surface area contributed by atoms with Gasteiger partial charge >= 0.3 is 0 Å². The first kappa shape index (κ1) is 13.5. The van der Waals surface area contributed by atoms with Gasteiger partial charge in [-0.25, -0.2) is 18.1 Å². The van der Waals surface area contributed by atoms with Crippen LogP contribution < -0.4 is 10.5 Å². The number of nitrogens with zero attached hydrogens (tertiary/aromatic N) is 4. The van der Waals surface area contributed by atoms with Crippen molar-refractivity contribution in [1.29, 1.82) is 0 Å². The van der Waals surface area contributed by atoms with Crippen LogP contribution in [0.25, 0.3) is 0 Å². The van der Waals surface area contributed by atoms with E-state index in [1.807, 2.05) is 0 Å². The van der Waals surface area contributed by atoms with Gasteiger partial charge in [0, 0.05) is 20.0 Å². The molecule has 0 aliphatic carbocycles. The SMILES string of the molecule is Cc1c(S(=O)(=O)NCCc2ncn[nH]2)c(N)nn1C. The van der Waals surface area contributed by atoms with Crippen LogP contribution in [-0.4, -0.2) is 39.9 Å². The van der Waals surface area contributed by atoms with Gasteiger partial charge in [0.2, 0.25) is 10.0 Å². The summed E-state index contributed by atoms with van der Waals surface area (Å²) in [5.41, 5.74) is 6.11. The van der Waals surface area contributed by atoms with Gasteiger partial charge in [-0.2, -0.15) is 10.2 Å². The number of hydrogen-bond acceptors (Lipinski definition) is 6. The van der Waals surface area contributed by atoms with Crippen LogP contribution in [0, 0.1) is 6.92 Å². The van der Waals surface area contributed by atoms with Crippen LogP contribution in [0.2, 0.25) is 0 Å². The van der Waals surface area contributed by atoms with Gasteiger partial charge in [0.05, 0.1) is 5.69 Å². The van der Waals surface area contributed by atoms with E-state index in [-0.39, 0.29) is 17.3 Å². The van der Waals surface area contributed by atoms with Crippen LogP contribution in [0.4, 0.5) is 5.82 Å². The molecule has 0 saturated carbocycles. The summed E-state index contributed by atoms with van der Waals surface area (Å²) in [4.78, 5) is 3.93. The number of aryl methyl sites for hydroxylation is 1. The lowest BCUT2D eigenvalue weighted by molar-refractivity contribution is 0.580. The fraction of sp³-hybridized carbons (Fsp3) is 0.444. The van der Waals surface area contributed by atoms with Crippen LogP contribution in [0.5, 0.6) is 0 Å². The van der Waals surface area contributed by atoms with E-state index in [9.17, 15) is 8.42 Å². The predicted molar refractivity (Wildman–Crippen MR) is 67.6 cm³/mol. The maximum atomic E-state index is 12.1. The molecule has 2 aromatic heterocycles. The molecule has 0 bridgehead atoms. The monoisotopic (exact) mass is 285 g/mol. The molecule has 4 N–H and O–H groups in total. The van der Waals surface area contributed by atoms with Crippen molar-refractivity contribution in [2.45, 2.75) is 18.2 Å². The highest BCUT2D eigenvalue weighted by Gasteiger charge is 2.24. The Hall–Kier alpha value is -1.94. The molecule has 0 saturated heterocycles. The molecule has 0 spiro atoms. The van der Waals surface area contributed by atoms with Crippen molar-refractivity contribution >= 4 is 15.8 Å². The molecule has 0 amide bonds. The van der Waals surface area contributed by atoms with Gasteiger partial charge in [0.1, 0.15) is 17.0 Å². The van der Waals surface area contributed by atoms with Crippen LogP contribution in [-0.2, 0) is 23.5 Å². The number of H-pyrrole nitrogens is 1. The molecule has 0 unspecified atom stereocenters. The van der Waals surface area contributed by atoms with Crippen molar-refractivity contribution in [3.8, 4) is 0 Å². The minimum atomic E-state index is -3.67. The van der Waals surface area contributed by atoms with E-state index in [4.69, 9.17) is 5.73 Å². The third kappa shape index (κ3) is 2.74. The van der Waals surface area contributed by atoms with Crippen LogP contribution in [0.15, 0.2) is 11.2 Å². The molecule has 10 heteroatoms. The van der Waals surface area contributed by atoms with Gasteiger partial charge < -0.3 is 5.73 Å². The first-order chi connectivity index (χ1) is 8.92. The zero-order valence-electron chi connectivity index (χ0n) is 10.6. The van der Waals surface area contributed by atoms with E-state index < -0.39 is 10.0 Å². The maximum absolute atomic E-state index is 12.1. The normalized spacial score (nSPS) is 11.9. The molecule has 0 radical (unpaired) electrons. The quantitative estimate of drug-likeness (QED) is 0.642. The van der Waals surface area contributed by atoms with Gasteiger partial charge in [-0.1, -0.05) is 0 Å². The van der Waals surface area contributed by atoms with Gasteiger partial charge in [-0.15, -0.1) is 0 Å². The van der Waals surface area contributed by atoms with E-state index in [1.54, 1.807) is 14.0 Å². The molecule has 2 heterocycles. The smallest absolute Gasteiger partial charge is 0.246 e. The molecule has 0 aliphatic heterocycles. The average Bonchev–Trinajstić information content (AvgIpc) is 2.88. The maximum Gasteiger partial charge on any atom is 0.246 e. The molecule has 2 aromatic rings. The zero-order valence-corrected chi connectivity index (χ0v) is 11.4. The Morgan fingerprint density at radius 2 is 2.26 bits per heavy atom. The van der Waals surface area contributed by atoms with Gasteiger partial charge in [-0.3, -0.25) is 9.78 Å². The number of hydrogen-bond donors (Lipinski definition) is 3. The topological polar surface area (TPSA) is 132 Å². The summed E-state index contributed by atoms with van der Waals surface area (Å²) in [6, 6.07) is 0. The number of nitrogens with one attached hydrogen (secondary N) is 2. The summed E-state index contributed by atoms with van der Waals surface area (Å²) in [6.07, 6.45) is 1.78. The lowest BCUT2D eigenvalue weighted by Gasteiger charge is -2.05. The fourth-order valence-electron chi connectivity index (χ4n) is 1.67. The highest BCUT2D eigenvalue weighted by molar-refractivity contribution is 7.89. The minimum absolute atomic E-state index is 0.00725. The van der Waals surface area contributed by atoms with E-state index in [1.165, 1.54) is 11.0 Å². The first-order valence-electron chi connectivity index (χ1n) is 5.55. The third-order valence-electron chi connectivity index (χ3n) is 2.69. The molecule has 2 rings (SSSR count). The van der Waals surface area contributed by atoms with Crippen molar-refractivity contribution in [2.24, 2.45) is 7.05 Å². The van der Waals surface area contributed by atoms with Crippen LogP contribution in [0.1, 0.15) is 11.5 Å². The summed E-state index contributed by atoms with van der Waals surface area (Å²) in [7, 11) is -2.04. The highest BCUT2D eigenvalue weighted by Crippen LogP contribution is 2.20. The summed E-state index contributed by atoms with van der Waals surface area (Å²) in [6.45, 7) is 1.85. The molecule has 104 valence electrons. The highest BCUT2D eigenvalue weighted by atomic mass is 32.2. The van der Waals surface area contributed by atoms with Crippen LogP contribution in [0.3, 0.4) is 0 Å². The largest absolute Gasteiger partial charge is 0.381 e. The van der Waals surface area contributed by atoms with Crippen molar-refractivity contribution in [3.63, 3.8) is 0 Å². The number of nitrogens with two attached hydrogens (primary N) is 1. The molecule has 0 aromatic carbocycles. The Bertz CT molecular complexity index is 659. The van der Waals surface area contributed by atoms with Crippen molar-refractivity contribution < 1.29 is 8.42 Å².